The van der Waals surface area contributed by atoms with Crippen molar-refractivity contribution in [1.29, 1.82) is 0 Å². The first-order chi connectivity index (χ1) is 14.8. The minimum Gasteiger partial charge on any atom is -0.354 e. The second-order valence-electron chi connectivity index (χ2n) is 8.74. The van der Waals surface area contributed by atoms with Gasteiger partial charge in [-0.2, -0.15) is 0 Å². The van der Waals surface area contributed by atoms with Crippen molar-refractivity contribution in [3.8, 4) is 0 Å². The van der Waals surface area contributed by atoms with Crippen LogP contribution in [0.15, 0.2) is 72.9 Å². The number of anilines is 2. The number of benzene rings is 2. The molecule has 0 unspecified atom stereocenters. The molecule has 0 radical (unpaired) electrons. The van der Waals surface area contributed by atoms with Gasteiger partial charge < -0.3 is 10.2 Å². The van der Waals surface area contributed by atoms with Crippen molar-refractivity contribution in [3.63, 3.8) is 0 Å². The monoisotopic (exact) mass is 413 g/mol. The first-order valence-electron chi connectivity index (χ1n) is 10.3. The first-order valence-corrected chi connectivity index (χ1v) is 10.3. The predicted molar refractivity (Wildman–Crippen MR) is 125 cm³/mol. The van der Waals surface area contributed by atoms with Crippen LogP contribution in [0.1, 0.15) is 42.3 Å². The van der Waals surface area contributed by atoms with Crippen LogP contribution in [0, 0.1) is 0 Å². The standard InChI is InChI=1S/C25H27N5O/c1-25(2,3)20-12-10-19(11-13-20)24(31)27-21-17-30-22(26-21)14-15-23(28-30)29(4)16-18-8-6-5-7-9-18/h5-15,17H,16H2,1-4H3,(H,27,31). The topological polar surface area (TPSA) is 62.5 Å². The lowest BCUT2D eigenvalue weighted by atomic mass is 9.87. The van der Waals surface area contributed by atoms with Gasteiger partial charge in [-0.15, -0.1) is 5.10 Å². The fourth-order valence-electron chi connectivity index (χ4n) is 3.38. The molecule has 0 atom stereocenters. The van der Waals surface area contributed by atoms with Crippen LogP contribution in [0.25, 0.3) is 5.65 Å². The molecule has 2 aromatic carbocycles. The molecular formula is C25H27N5O. The highest BCUT2D eigenvalue weighted by Crippen LogP contribution is 2.22. The summed E-state index contributed by atoms with van der Waals surface area (Å²) in [4.78, 5) is 19.2. The van der Waals surface area contributed by atoms with Gasteiger partial charge in [0.15, 0.2) is 11.5 Å². The van der Waals surface area contributed by atoms with Gasteiger partial charge in [-0.05, 0) is 40.8 Å². The Bertz CT molecular complexity index is 1190. The van der Waals surface area contributed by atoms with Crippen molar-refractivity contribution in [1.82, 2.24) is 14.6 Å². The van der Waals surface area contributed by atoms with E-state index in [-0.39, 0.29) is 11.3 Å². The number of nitrogens with zero attached hydrogens (tertiary/aromatic N) is 4. The van der Waals surface area contributed by atoms with Crippen molar-refractivity contribution in [2.45, 2.75) is 32.7 Å². The van der Waals surface area contributed by atoms with E-state index >= 15 is 0 Å². The van der Waals surface area contributed by atoms with Gasteiger partial charge in [0.05, 0.1) is 6.20 Å². The SMILES string of the molecule is CN(Cc1ccccc1)c1ccc2nc(NC(=O)c3ccc(C(C)(C)C)cc3)cn2n1. The van der Waals surface area contributed by atoms with Gasteiger partial charge in [-0.3, -0.25) is 4.79 Å². The van der Waals surface area contributed by atoms with E-state index < -0.39 is 0 Å². The van der Waals surface area contributed by atoms with Crippen molar-refractivity contribution in [2.24, 2.45) is 0 Å². The second-order valence-corrected chi connectivity index (χ2v) is 8.74. The van der Waals surface area contributed by atoms with Gasteiger partial charge in [0.2, 0.25) is 0 Å². The minimum atomic E-state index is -0.190. The first kappa shape index (κ1) is 20.6. The molecule has 0 aliphatic rings. The molecule has 0 bridgehead atoms. The number of nitrogens with one attached hydrogen (secondary N) is 1. The lowest BCUT2D eigenvalue weighted by molar-refractivity contribution is 0.102. The summed E-state index contributed by atoms with van der Waals surface area (Å²) in [6.07, 6.45) is 1.73. The number of fused-ring (bicyclic) bond motifs is 1. The summed E-state index contributed by atoms with van der Waals surface area (Å²) in [6.45, 7) is 7.20. The maximum Gasteiger partial charge on any atom is 0.256 e. The molecule has 0 aliphatic carbocycles. The maximum absolute atomic E-state index is 12.6. The number of hydrogen-bond donors (Lipinski definition) is 1. The molecule has 6 heteroatoms. The molecule has 1 amide bonds. The predicted octanol–water partition coefficient (Wildman–Crippen LogP) is 4.92. The number of aromatic nitrogens is 3. The van der Waals surface area contributed by atoms with Crippen molar-refractivity contribution in [2.75, 3.05) is 17.3 Å². The molecule has 0 spiro atoms. The van der Waals surface area contributed by atoms with Gasteiger partial charge >= 0.3 is 0 Å². The Kier molecular flexibility index (Phi) is 5.46. The number of carbonyl (C=O) groups excluding carboxylic acids is 1. The number of imidazole rings is 1. The van der Waals surface area contributed by atoms with E-state index in [0.717, 1.165) is 12.4 Å². The number of hydrogen-bond acceptors (Lipinski definition) is 4. The van der Waals surface area contributed by atoms with Crippen LogP contribution in [0.3, 0.4) is 0 Å². The molecule has 4 aromatic rings. The average molecular weight is 414 g/mol. The van der Waals surface area contributed by atoms with E-state index in [2.05, 4.69) is 53.2 Å². The molecule has 158 valence electrons. The van der Waals surface area contributed by atoms with Crippen molar-refractivity contribution < 1.29 is 4.79 Å². The smallest absolute Gasteiger partial charge is 0.256 e. The van der Waals surface area contributed by atoms with Gasteiger partial charge in [0, 0.05) is 19.2 Å². The summed E-state index contributed by atoms with van der Waals surface area (Å²) < 4.78 is 1.69. The summed E-state index contributed by atoms with van der Waals surface area (Å²) >= 11 is 0. The summed E-state index contributed by atoms with van der Waals surface area (Å²) in [6, 6.07) is 21.8. The zero-order chi connectivity index (χ0) is 22.0. The summed E-state index contributed by atoms with van der Waals surface area (Å²) in [7, 11) is 2.00. The summed E-state index contributed by atoms with van der Waals surface area (Å²) in [5.41, 5.74) is 3.72. The van der Waals surface area contributed by atoms with E-state index in [0.29, 0.717) is 17.0 Å². The average Bonchev–Trinajstić information content (AvgIpc) is 3.15. The molecule has 0 saturated carbocycles. The molecule has 6 nitrogen and oxygen atoms in total. The highest BCUT2D eigenvalue weighted by molar-refractivity contribution is 6.03. The van der Waals surface area contributed by atoms with Crippen molar-refractivity contribution in [3.05, 3.63) is 89.6 Å². The highest BCUT2D eigenvalue weighted by Gasteiger charge is 2.15. The van der Waals surface area contributed by atoms with Crippen LogP contribution in [0.5, 0.6) is 0 Å². The third-order valence-electron chi connectivity index (χ3n) is 5.21. The van der Waals surface area contributed by atoms with Gasteiger partial charge in [-0.25, -0.2) is 9.50 Å². The molecule has 2 heterocycles. The fraction of sp³-hybridized carbons (Fsp3) is 0.240. The van der Waals surface area contributed by atoms with Gasteiger partial charge in [-0.1, -0.05) is 63.2 Å². The van der Waals surface area contributed by atoms with Crippen molar-refractivity contribution >= 4 is 23.2 Å². The fourth-order valence-corrected chi connectivity index (χ4v) is 3.38. The van der Waals surface area contributed by atoms with E-state index in [1.807, 2.05) is 61.6 Å². The zero-order valence-electron chi connectivity index (χ0n) is 18.3. The summed E-state index contributed by atoms with van der Waals surface area (Å²) in [5, 5.41) is 7.51. The van der Waals surface area contributed by atoms with E-state index in [9.17, 15) is 4.79 Å². The number of amides is 1. The molecule has 2 aromatic heterocycles. The molecular weight excluding hydrogens is 386 g/mol. The van der Waals surface area contributed by atoms with E-state index in [1.54, 1.807) is 10.7 Å². The minimum absolute atomic E-state index is 0.0493. The Morgan fingerprint density at radius 1 is 1.00 bits per heavy atom. The largest absolute Gasteiger partial charge is 0.354 e. The van der Waals surface area contributed by atoms with Crippen LogP contribution in [-0.4, -0.2) is 27.6 Å². The molecule has 1 N–H and O–H groups in total. The second kappa shape index (κ2) is 8.22. The van der Waals surface area contributed by atoms with Crippen LogP contribution in [-0.2, 0) is 12.0 Å². The lowest BCUT2D eigenvalue weighted by Gasteiger charge is -2.18. The normalized spacial score (nSPS) is 11.5. The molecule has 31 heavy (non-hydrogen) atoms. The molecule has 0 aliphatic heterocycles. The van der Waals surface area contributed by atoms with Crippen LogP contribution in [0.4, 0.5) is 11.6 Å². The van der Waals surface area contributed by atoms with E-state index in [1.165, 1.54) is 11.1 Å². The highest BCUT2D eigenvalue weighted by atomic mass is 16.1. The van der Waals surface area contributed by atoms with Crippen LogP contribution in [0.2, 0.25) is 0 Å². The molecule has 4 rings (SSSR count). The Labute approximate surface area is 182 Å². The summed E-state index contributed by atoms with van der Waals surface area (Å²) in [5.74, 6) is 1.11. The quantitative estimate of drug-likeness (QED) is 0.505. The van der Waals surface area contributed by atoms with Crippen LogP contribution < -0.4 is 10.2 Å². The lowest BCUT2D eigenvalue weighted by Crippen LogP contribution is -2.18. The third kappa shape index (κ3) is 4.74. The number of rotatable bonds is 5. The third-order valence-corrected chi connectivity index (χ3v) is 5.21. The maximum atomic E-state index is 12.6. The Hall–Kier alpha value is -3.67. The Morgan fingerprint density at radius 2 is 1.71 bits per heavy atom. The van der Waals surface area contributed by atoms with Gasteiger partial charge in [0.1, 0.15) is 5.82 Å². The van der Waals surface area contributed by atoms with E-state index in [4.69, 9.17) is 0 Å². The Morgan fingerprint density at radius 3 is 2.39 bits per heavy atom. The Balaban J connectivity index is 1.48. The zero-order valence-corrected chi connectivity index (χ0v) is 18.3. The van der Waals surface area contributed by atoms with Gasteiger partial charge in [0.25, 0.3) is 5.91 Å². The molecule has 0 saturated heterocycles. The number of carbonyl (C=O) groups is 1. The van der Waals surface area contributed by atoms with Crippen LogP contribution >= 0.6 is 0 Å². The molecule has 0 fully saturated rings.